The topological polar surface area (TPSA) is 38.0 Å². The maximum absolute atomic E-state index is 13.4. The van der Waals surface area contributed by atoms with E-state index in [-0.39, 0.29) is 11.5 Å². The zero-order valence-electron chi connectivity index (χ0n) is 9.60. The smallest absolute Gasteiger partial charge is 0.139 e. The Bertz CT molecular complexity index is 600. The minimum absolute atomic E-state index is 0.276. The number of anilines is 3. The molecule has 0 fully saturated rings. The zero-order chi connectivity index (χ0) is 13.3. The number of nitrogens with two attached hydrogens (primary N) is 1. The van der Waals surface area contributed by atoms with E-state index in [0.29, 0.717) is 15.8 Å². The van der Waals surface area contributed by atoms with Crippen molar-refractivity contribution in [2.75, 3.05) is 11.1 Å². The number of aryl methyl sites for hydroxylation is 1. The van der Waals surface area contributed by atoms with Gasteiger partial charge in [0.2, 0.25) is 0 Å². The first-order valence-corrected chi connectivity index (χ1v) is 6.04. The molecule has 0 unspecified atom stereocenters. The van der Waals surface area contributed by atoms with E-state index >= 15 is 0 Å². The molecule has 0 heterocycles. The number of nitrogens with one attached hydrogen (secondary N) is 1. The van der Waals surface area contributed by atoms with Gasteiger partial charge in [-0.05, 0) is 58.7 Å². The monoisotopic (exact) mass is 312 g/mol. The third-order valence-corrected chi connectivity index (χ3v) is 3.16. The van der Waals surface area contributed by atoms with E-state index in [1.807, 2.05) is 6.92 Å². The highest BCUT2D eigenvalue weighted by molar-refractivity contribution is 9.10. The van der Waals surface area contributed by atoms with Gasteiger partial charge < -0.3 is 11.1 Å². The molecule has 0 saturated carbocycles. The van der Waals surface area contributed by atoms with Crippen molar-refractivity contribution in [1.29, 1.82) is 0 Å². The van der Waals surface area contributed by atoms with E-state index < -0.39 is 5.82 Å². The van der Waals surface area contributed by atoms with Crippen molar-refractivity contribution in [2.24, 2.45) is 0 Å². The highest BCUT2D eigenvalue weighted by Crippen LogP contribution is 2.29. The standard InChI is InChI=1S/C13H11BrF2N2/c1-7-4-9(14)10(16)6-13(7)18-12-3-2-8(15)5-11(12)17/h2-6,18H,17H2,1H3. The SMILES string of the molecule is Cc1cc(Br)c(F)cc1Nc1ccc(F)cc1N. The van der Waals surface area contributed by atoms with Crippen molar-refractivity contribution in [2.45, 2.75) is 6.92 Å². The van der Waals surface area contributed by atoms with Crippen LogP contribution in [0.5, 0.6) is 0 Å². The summed E-state index contributed by atoms with van der Waals surface area (Å²) in [5, 5.41) is 2.98. The van der Waals surface area contributed by atoms with Gasteiger partial charge in [-0.1, -0.05) is 0 Å². The van der Waals surface area contributed by atoms with Crippen LogP contribution in [0.3, 0.4) is 0 Å². The lowest BCUT2D eigenvalue weighted by Crippen LogP contribution is -1.99. The zero-order valence-corrected chi connectivity index (χ0v) is 11.2. The molecule has 0 amide bonds. The quantitative estimate of drug-likeness (QED) is 0.808. The molecule has 2 nitrogen and oxygen atoms in total. The summed E-state index contributed by atoms with van der Waals surface area (Å²) in [5.74, 6) is -0.777. The molecule has 2 aromatic rings. The van der Waals surface area contributed by atoms with Gasteiger partial charge >= 0.3 is 0 Å². The summed E-state index contributed by atoms with van der Waals surface area (Å²) in [5.41, 5.74) is 7.95. The Morgan fingerprint density at radius 2 is 1.83 bits per heavy atom. The van der Waals surface area contributed by atoms with Crippen LogP contribution >= 0.6 is 15.9 Å². The van der Waals surface area contributed by atoms with Crippen LogP contribution in [0.1, 0.15) is 5.56 Å². The Labute approximate surface area is 112 Å². The van der Waals surface area contributed by atoms with Crippen LogP contribution in [0.15, 0.2) is 34.8 Å². The van der Waals surface area contributed by atoms with Crippen LogP contribution in [0, 0.1) is 18.6 Å². The summed E-state index contributed by atoms with van der Waals surface area (Å²) in [6.45, 7) is 1.84. The fourth-order valence-electron chi connectivity index (χ4n) is 1.57. The first-order valence-electron chi connectivity index (χ1n) is 5.25. The first kappa shape index (κ1) is 12.8. The van der Waals surface area contributed by atoms with Crippen LogP contribution in [-0.4, -0.2) is 0 Å². The van der Waals surface area contributed by atoms with Gasteiger partial charge in [0.1, 0.15) is 11.6 Å². The molecule has 0 aromatic heterocycles. The molecule has 5 heteroatoms. The summed E-state index contributed by atoms with van der Waals surface area (Å²) in [7, 11) is 0. The fraction of sp³-hybridized carbons (Fsp3) is 0.0769. The second-order valence-corrected chi connectivity index (χ2v) is 4.79. The van der Waals surface area contributed by atoms with Gasteiger partial charge in [0.15, 0.2) is 0 Å². The third-order valence-electron chi connectivity index (χ3n) is 2.55. The van der Waals surface area contributed by atoms with Crippen molar-refractivity contribution >= 4 is 33.0 Å². The van der Waals surface area contributed by atoms with Crippen LogP contribution in [-0.2, 0) is 0 Å². The van der Waals surface area contributed by atoms with Crippen molar-refractivity contribution in [1.82, 2.24) is 0 Å². The largest absolute Gasteiger partial charge is 0.397 e. The van der Waals surface area contributed by atoms with Gasteiger partial charge in [-0.2, -0.15) is 0 Å². The van der Waals surface area contributed by atoms with Gasteiger partial charge in [-0.25, -0.2) is 8.78 Å². The molecular weight excluding hydrogens is 302 g/mol. The minimum Gasteiger partial charge on any atom is -0.397 e. The van der Waals surface area contributed by atoms with Crippen molar-refractivity contribution < 1.29 is 8.78 Å². The van der Waals surface area contributed by atoms with Gasteiger partial charge in [0.05, 0.1) is 15.8 Å². The molecule has 3 N–H and O–H groups in total. The van der Waals surface area contributed by atoms with Crippen LogP contribution < -0.4 is 11.1 Å². The van der Waals surface area contributed by atoms with E-state index in [4.69, 9.17) is 5.73 Å². The first-order chi connectivity index (χ1) is 8.47. The Hall–Kier alpha value is -1.62. The summed E-state index contributed by atoms with van der Waals surface area (Å²) in [6, 6.07) is 7.06. The number of hydrogen-bond donors (Lipinski definition) is 2. The second kappa shape index (κ2) is 4.94. The second-order valence-electron chi connectivity index (χ2n) is 3.94. The number of halogens is 3. The van der Waals surface area contributed by atoms with E-state index in [1.165, 1.54) is 24.3 Å². The van der Waals surface area contributed by atoms with Gasteiger partial charge in [0.25, 0.3) is 0 Å². The molecule has 0 bridgehead atoms. The lowest BCUT2D eigenvalue weighted by Gasteiger charge is -2.12. The summed E-state index contributed by atoms with van der Waals surface area (Å²) >= 11 is 3.11. The molecule has 0 spiro atoms. The number of nitrogen functional groups attached to an aromatic ring is 1. The maximum Gasteiger partial charge on any atom is 0.139 e. The average Bonchev–Trinajstić information content (AvgIpc) is 2.29. The van der Waals surface area contributed by atoms with Gasteiger partial charge in [-0.15, -0.1) is 0 Å². The predicted molar refractivity (Wildman–Crippen MR) is 72.9 cm³/mol. The summed E-state index contributed by atoms with van der Waals surface area (Å²) in [4.78, 5) is 0. The summed E-state index contributed by atoms with van der Waals surface area (Å²) < 4.78 is 26.8. The van der Waals surface area contributed by atoms with Crippen LogP contribution in [0.4, 0.5) is 25.8 Å². The molecule has 94 valence electrons. The molecule has 2 rings (SSSR count). The molecule has 2 aromatic carbocycles. The maximum atomic E-state index is 13.4. The van der Waals surface area contributed by atoms with Crippen molar-refractivity contribution in [3.63, 3.8) is 0 Å². The molecule has 0 aliphatic heterocycles. The molecule has 0 saturated heterocycles. The highest BCUT2D eigenvalue weighted by atomic mass is 79.9. The Morgan fingerprint density at radius 3 is 2.50 bits per heavy atom. The van der Waals surface area contributed by atoms with Crippen molar-refractivity contribution in [3.05, 3.63) is 52.0 Å². The molecule has 0 aliphatic rings. The fourth-order valence-corrected chi connectivity index (χ4v) is 2.03. The summed E-state index contributed by atoms with van der Waals surface area (Å²) in [6.07, 6.45) is 0. The Morgan fingerprint density at radius 1 is 1.11 bits per heavy atom. The van der Waals surface area contributed by atoms with Crippen LogP contribution in [0.2, 0.25) is 0 Å². The Kier molecular flexibility index (Phi) is 3.52. The molecular formula is C13H11BrF2N2. The van der Waals surface area contributed by atoms with Gasteiger partial charge in [0, 0.05) is 5.69 Å². The molecule has 18 heavy (non-hydrogen) atoms. The Balaban J connectivity index is 2.37. The minimum atomic E-state index is -0.406. The van der Waals surface area contributed by atoms with Crippen molar-refractivity contribution in [3.8, 4) is 0 Å². The van der Waals surface area contributed by atoms with E-state index in [0.717, 1.165) is 5.56 Å². The number of hydrogen-bond acceptors (Lipinski definition) is 2. The highest BCUT2D eigenvalue weighted by Gasteiger charge is 2.07. The lowest BCUT2D eigenvalue weighted by molar-refractivity contribution is 0.621. The average molecular weight is 313 g/mol. The molecule has 0 aliphatic carbocycles. The van der Waals surface area contributed by atoms with Gasteiger partial charge in [-0.3, -0.25) is 0 Å². The van der Waals surface area contributed by atoms with E-state index in [9.17, 15) is 8.78 Å². The molecule has 0 radical (unpaired) electrons. The van der Waals surface area contributed by atoms with E-state index in [2.05, 4.69) is 21.2 Å². The number of benzene rings is 2. The van der Waals surface area contributed by atoms with Crippen LogP contribution in [0.25, 0.3) is 0 Å². The van der Waals surface area contributed by atoms with E-state index in [1.54, 1.807) is 6.07 Å². The molecule has 0 atom stereocenters. The third kappa shape index (κ3) is 2.61. The predicted octanol–water partition coefficient (Wildman–Crippen LogP) is 4.36. The normalized spacial score (nSPS) is 10.4. The number of rotatable bonds is 2. The lowest BCUT2D eigenvalue weighted by atomic mass is 10.1.